The fraction of sp³-hybridized carbons (Fsp3) is 0.333. The molecule has 4 nitrogen and oxygen atoms in total. The predicted octanol–water partition coefficient (Wildman–Crippen LogP) is 1.70. The summed E-state index contributed by atoms with van der Waals surface area (Å²) in [5, 5.41) is 2.25. The van der Waals surface area contributed by atoms with E-state index in [9.17, 15) is 9.59 Å². The maximum absolute atomic E-state index is 11.4. The maximum atomic E-state index is 11.4. The second-order valence-electron chi connectivity index (χ2n) is 3.86. The van der Waals surface area contributed by atoms with E-state index in [0.29, 0.717) is 0 Å². The lowest BCUT2D eigenvalue weighted by Gasteiger charge is -2.13. The summed E-state index contributed by atoms with van der Waals surface area (Å²) in [6.45, 7) is 2.24. The van der Waals surface area contributed by atoms with Crippen molar-refractivity contribution in [2.75, 3.05) is 11.4 Å². The minimum absolute atomic E-state index is 0.117. The Morgan fingerprint density at radius 2 is 1.94 bits per heavy atom. The minimum atomic E-state index is -0.340. The average Bonchev–Trinajstić information content (AvgIpc) is 2.59. The van der Waals surface area contributed by atoms with Crippen LogP contribution in [0.15, 0.2) is 24.3 Å². The number of imide groups is 1. The number of nitrogens with one attached hydrogen (secondary N) is 1. The first kappa shape index (κ1) is 10.7. The van der Waals surface area contributed by atoms with Crippen molar-refractivity contribution in [3.63, 3.8) is 0 Å². The molecule has 0 aliphatic carbocycles. The molecule has 0 unspecified atom stereocenters. The first-order valence-electron chi connectivity index (χ1n) is 5.41. The Bertz CT molecular complexity index is 412. The van der Waals surface area contributed by atoms with Crippen LogP contribution in [-0.4, -0.2) is 18.5 Å². The number of hydrogen-bond donors (Lipinski definition) is 1. The summed E-state index contributed by atoms with van der Waals surface area (Å²) in [4.78, 5) is 23.9. The molecule has 0 bridgehead atoms. The molecule has 0 saturated carbocycles. The van der Waals surface area contributed by atoms with Crippen molar-refractivity contribution < 1.29 is 9.59 Å². The summed E-state index contributed by atoms with van der Waals surface area (Å²) < 4.78 is 0. The molecule has 1 heterocycles. The molecule has 3 amide bonds. The quantitative estimate of drug-likeness (QED) is 0.785. The molecule has 4 heteroatoms. The predicted molar refractivity (Wildman–Crippen MR) is 61.3 cm³/mol. The second kappa shape index (κ2) is 4.35. The number of carbonyl (C=O) groups excluding carboxylic acids is 2. The largest absolute Gasteiger partial charge is 0.329 e. The molecule has 0 spiro atoms. The minimum Gasteiger partial charge on any atom is -0.285 e. The Balaban J connectivity index is 2.15. The number of benzene rings is 1. The van der Waals surface area contributed by atoms with Crippen LogP contribution < -0.4 is 10.2 Å². The van der Waals surface area contributed by atoms with Crippen LogP contribution in [0.2, 0.25) is 0 Å². The lowest BCUT2D eigenvalue weighted by Crippen LogP contribution is -2.27. The van der Waals surface area contributed by atoms with E-state index in [1.165, 1.54) is 10.5 Å². The van der Waals surface area contributed by atoms with Gasteiger partial charge < -0.3 is 0 Å². The molecule has 1 saturated heterocycles. The lowest BCUT2D eigenvalue weighted by molar-refractivity contribution is -0.117. The molecule has 1 aromatic rings. The van der Waals surface area contributed by atoms with Gasteiger partial charge in [-0.05, 0) is 24.1 Å². The number of urea groups is 1. The molecular weight excluding hydrogens is 204 g/mol. The van der Waals surface area contributed by atoms with Gasteiger partial charge in [-0.3, -0.25) is 15.0 Å². The molecule has 1 aliphatic rings. The van der Waals surface area contributed by atoms with Crippen molar-refractivity contribution >= 4 is 17.6 Å². The third-order valence-electron chi connectivity index (χ3n) is 2.58. The lowest BCUT2D eigenvalue weighted by atomic mass is 10.1. The highest BCUT2D eigenvalue weighted by molar-refractivity contribution is 6.12. The third kappa shape index (κ3) is 2.05. The van der Waals surface area contributed by atoms with Gasteiger partial charge in [-0.1, -0.05) is 25.5 Å². The Morgan fingerprint density at radius 1 is 1.25 bits per heavy atom. The van der Waals surface area contributed by atoms with Gasteiger partial charge in [0.1, 0.15) is 6.54 Å². The normalized spacial score (nSPS) is 15.4. The maximum Gasteiger partial charge on any atom is 0.329 e. The van der Waals surface area contributed by atoms with Gasteiger partial charge in [0.15, 0.2) is 0 Å². The van der Waals surface area contributed by atoms with Gasteiger partial charge in [0.05, 0.1) is 0 Å². The number of carbonyl (C=O) groups is 2. The monoisotopic (exact) mass is 218 g/mol. The Hall–Kier alpha value is -1.84. The zero-order valence-electron chi connectivity index (χ0n) is 9.19. The number of anilines is 1. The molecular formula is C12H14N2O2. The summed E-state index contributed by atoms with van der Waals surface area (Å²) in [7, 11) is 0. The average molecular weight is 218 g/mol. The van der Waals surface area contributed by atoms with Gasteiger partial charge in [0.2, 0.25) is 5.91 Å². The molecule has 0 aromatic heterocycles. The first-order valence-corrected chi connectivity index (χ1v) is 5.41. The molecule has 1 aromatic carbocycles. The van der Waals surface area contributed by atoms with Crippen LogP contribution in [0.3, 0.4) is 0 Å². The molecule has 2 rings (SSSR count). The molecule has 0 atom stereocenters. The Kier molecular flexibility index (Phi) is 2.90. The van der Waals surface area contributed by atoms with Crippen LogP contribution in [0, 0.1) is 0 Å². The van der Waals surface area contributed by atoms with Crippen molar-refractivity contribution in [3.05, 3.63) is 29.8 Å². The summed E-state index contributed by atoms with van der Waals surface area (Å²) in [5.41, 5.74) is 2.01. The van der Waals surface area contributed by atoms with E-state index >= 15 is 0 Å². The molecule has 1 fully saturated rings. The van der Waals surface area contributed by atoms with Crippen LogP contribution in [0.5, 0.6) is 0 Å². The second-order valence-corrected chi connectivity index (χ2v) is 3.86. The fourth-order valence-corrected chi connectivity index (χ4v) is 1.78. The van der Waals surface area contributed by atoms with E-state index in [1.54, 1.807) is 0 Å². The smallest absolute Gasteiger partial charge is 0.285 e. The summed E-state index contributed by atoms with van der Waals surface area (Å²) >= 11 is 0. The number of amides is 3. The standard InChI is InChI=1S/C12H14N2O2/c1-2-3-9-4-6-10(7-5-9)14-8-11(15)13-12(14)16/h4-7H,2-3,8H2,1H3,(H,13,15,16). The zero-order valence-corrected chi connectivity index (χ0v) is 9.19. The highest BCUT2D eigenvalue weighted by Crippen LogP contribution is 2.18. The van der Waals surface area contributed by atoms with E-state index in [4.69, 9.17) is 0 Å². The van der Waals surface area contributed by atoms with Gasteiger partial charge in [-0.25, -0.2) is 4.79 Å². The fourth-order valence-electron chi connectivity index (χ4n) is 1.78. The molecule has 16 heavy (non-hydrogen) atoms. The first-order chi connectivity index (χ1) is 7.70. The number of nitrogens with zero attached hydrogens (tertiary/aromatic N) is 1. The Labute approximate surface area is 94.2 Å². The van der Waals surface area contributed by atoms with Crippen LogP contribution >= 0.6 is 0 Å². The number of aryl methyl sites for hydroxylation is 1. The van der Waals surface area contributed by atoms with Gasteiger partial charge in [-0.2, -0.15) is 0 Å². The number of rotatable bonds is 3. The molecule has 0 radical (unpaired) electrons. The number of hydrogen-bond acceptors (Lipinski definition) is 2. The topological polar surface area (TPSA) is 49.4 Å². The van der Waals surface area contributed by atoms with Crippen LogP contribution in [0.1, 0.15) is 18.9 Å². The van der Waals surface area contributed by atoms with Crippen LogP contribution in [-0.2, 0) is 11.2 Å². The van der Waals surface area contributed by atoms with Crippen LogP contribution in [0.25, 0.3) is 0 Å². The van der Waals surface area contributed by atoms with Crippen molar-refractivity contribution in [3.8, 4) is 0 Å². The van der Waals surface area contributed by atoms with Crippen molar-refractivity contribution in [2.45, 2.75) is 19.8 Å². The van der Waals surface area contributed by atoms with Gasteiger partial charge in [-0.15, -0.1) is 0 Å². The Morgan fingerprint density at radius 3 is 2.44 bits per heavy atom. The van der Waals surface area contributed by atoms with E-state index in [2.05, 4.69) is 12.2 Å². The van der Waals surface area contributed by atoms with E-state index < -0.39 is 0 Å². The third-order valence-corrected chi connectivity index (χ3v) is 2.58. The SMILES string of the molecule is CCCc1ccc(N2CC(=O)NC2=O)cc1. The van der Waals surface area contributed by atoms with Gasteiger partial charge in [0.25, 0.3) is 0 Å². The van der Waals surface area contributed by atoms with Crippen molar-refractivity contribution in [1.29, 1.82) is 0 Å². The van der Waals surface area contributed by atoms with Gasteiger partial charge >= 0.3 is 6.03 Å². The summed E-state index contributed by atoms with van der Waals surface area (Å²) in [5.74, 6) is -0.248. The molecule has 1 N–H and O–H groups in total. The van der Waals surface area contributed by atoms with E-state index in [0.717, 1.165) is 18.5 Å². The molecule has 1 aliphatic heterocycles. The van der Waals surface area contributed by atoms with Crippen molar-refractivity contribution in [2.24, 2.45) is 0 Å². The summed E-state index contributed by atoms with van der Waals surface area (Å²) in [6.07, 6.45) is 2.13. The van der Waals surface area contributed by atoms with E-state index in [1.807, 2.05) is 24.3 Å². The van der Waals surface area contributed by atoms with Crippen molar-refractivity contribution in [1.82, 2.24) is 5.32 Å². The van der Waals surface area contributed by atoms with Crippen LogP contribution in [0.4, 0.5) is 10.5 Å². The zero-order chi connectivity index (χ0) is 11.5. The van der Waals surface area contributed by atoms with Gasteiger partial charge in [0, 0.05) is 5.69 Å². The summed E-state index contributed by atoms with van der Waals surface area (Å²) in [6, 6.07) is 7.41. The molecule has 84 valence electrons. The van der Waals surface area contributed by atoms with E-state index in [-0.39, 0.29) is 18.5 Å². The highest BCUT2D eigenvalue weighted by Gasteiger charge is 2.27. The highest BCUT2D eigenvalue weighted by atomic mass is 16.2.